The van der Waals surface area contributed by atoms with E-state index < -0.39 is 0 Å². The summed E-state index contributed by atoms with van der Waals surface area (Å²) in [6.07, 6.45) is 6.54. The van der Waals surface area contributed by atoms with E-state index in [1.165, 1.54) is 0 Å². The van der Waals surface area contributed by atoms with Crippen molar-refractivity contribution < 1.29 is 32.7 Å². The molecule has 2 aromatic carbocycles. The van der Waals surface area contributed by atoms with Crippen LogP contribution >= 0.6 is 0 Å². The number of hydrogen-bond acceptors (Lipinski definition) is 1. The molecule has 3 heteroatoms. The molecule has 0 atom stereocenters. The van der Waals surface area contributed by atoms with Crippen molar-refractivity contribution in [2.75, 3.05) is 11.9 Å². The molecule has 2 nitrogen and oxygen atoms in total. The van der Waals surface area contributed by atoms with Crippen LogP contribution in [0.1, 0.15) is 25.3 Å². The van der Waals surface area contributed by atoms with Crippen molar-refractivity contribution >= 4 is 11.4 Å². The van der Waals surface area contributed by atoms with Crippen molar-refractivity contribution in [3.8, 4) is 11.8 Å². The Balaban J connectivity index is 0. The Hall–Kier alpha value is -1.88. The minimum atomic E-state index is 0. The molecule has 2 aromatic rings. The number of nitrogens with two attached hydrogens (primary N) is 1. The monoisotopic (exact) mass is 419 g/mol. The zero-order valence-corrected chi connectivity index (χ0v) is 18.5. The molecule has 0 spiro atoms. The van der Waals surface area contributed by atoms with Crippen LogP contribution in [0.25, 0.3) is 6.15 Å². The number of hydrogen-bond donors (Lipinski definition) is 0. The Morgan fingerprint density at radius 3 is 2.27 bits per heavy atom. The second-order valence-corrected chi connectivity index (χ2v) is 4.97. The predicted molar refractivity (Wildman–Crippen MR) is 111 cm³/mol. The molecule has 0 aromatic heterocycles. The molecule has 0 aliphatic rings. The number of benzene rings is 2. The van der Waals surface area contributed by atoms with Crippen LogP contribution in [0.3, 0.4) is 0 Å². The Morgan fingerprint density at radius 2 is 1.69 bits per heavy atom. The first-order valence-corrected chi connectivity index (χ1v) is 7.91. The fraction of sp³-hybridized carbons (Fsp3) is 0.174. The van der Waals surface area contributed by atoms with Crippen LogP contribution in [0.15, 0.2) is 79.6 Å². The van der Waals surface area contributed by atoms with Gasteiger partial charge in [0, 0.05) is 51.0 Å². The molecule has 2 rings (SSSR count). The molecular formula is C23H26N2Y-2. The topological polar surface area (TPSA) is 36.7 Å². The first-order chi connectivity index (χ1) is 11.7. The van der Waals surface area contributed by atoms with Crippen LogP contribution in [0.5, 0.6) is 0 Å². The third-order valence-corrected chi connectivity index (χ3v) is 3.27. The normalized spacial score (nSPS) is 7.92. The summed E-state index contributed by atoms with van der Waals surface area (Å²) in [6, 6.07) is 18.5. The van der Waals surface area contributed by atoms with Crippen LogP contribution in [-0.4, -0.2) is 7.05 Å². The van der Waals surface area contributed by atoms with E-state index in [0.717, 1.165) is 29.8 Å². The molecule has 0 unspecified atom stereocenters. The summed E-state index contributed by atoms with van der Waals surface area (Å²) in [5, 5.41) is 0. The maximum Gasteiger partial charge on any atom is 0.0567 e. The third-order valence-electron chi connectivity index (χ3n) is 3.27. The number of para-hydroxylation sites is 2. The molecular weight excluding hydrogens is 393 g/mol. The minimum Gasteiger partial charge on any atom is -0.693 e. The summed E-state index contributed by atoms with van der Waals surface area (Å²) >= 11 is 0. The van der Waals surface area contributed by atoms with Crippen LogP contribution in [-0.2, 0) is 32.7 Å². The van der Waals surface area contributed by atoms with Gasteiger partial charge in [0.1, 0.15) is 0 Å². The molecule has 0 fully saturated rings. The molecule has 0 bridgehead atoms. The number of allylic oxidation sites excluding steroid dienone is 2. The van der Waals surface area contributed by atoms with Crippen molar-refractivity contribution in [3.63, 3.8) is 0 Å². The molecule has 0 saturated carbocycles. The molecule has 2 N–H and O–H groups in total. The Kier molecular flexibility index (Phi) is 16.8. The van der Waals surface area contributed by atoms with Gasteiger partial charge >= 0.3 is 0 Å². The summed E-state index contributed by atoms with van der Waals surface area (Å²) in [6.45, 7) is 8.77. The predicted octanol–water partition coefficient (Wildman–Crippen LogP) is 6.64. The van der Waals surface area contributed by atoms with Crippen molar-refractivity contribution in [1.82, 2.24) is 0 Å². The van der Waals surface area contributed by atoms with Crippen molar-refractivity contribution in [3.05, 3.63) is 97.4 Å². The largest absolute Gasteiger partial charge is 0.693 e. The second-order valence-electron chi connectivity index (χ2n) is 4.97. The zero-order valence-electron chi connectivity index (χ0n) is 15.7. The van der Waals surface area contributed by atoms with Crippen LogP contribution < -0.4 is 4.90 Å². The van der Waals surface area contributed by atoms with Gasteiger partial charge in [0.05, 0.1) is 5.69 Å². The van der Waals surface area contributed by atoms with Crippen molar-refractivity contribution in [2.45, 2.75) is 19.8 Å². The zero-order chi connectivity index (χ0) is 17.6. The van der Waals surface area contributed by atoms with Gasteiger partial charge < -0.3 is 16.8 Å². The molecule has 26 heavy (non-hydrogen) atoms. The summed E-state index contributed by atoms with van der Waals surface area (Å²) in [7, 11) is 2.06. The third kappa shape index (κ3) is 9.57. The smallest absolute Gasteiger partial charge is 0.0567 e. The summed E-state index contributed by atoms with van der Waals surface area (Å²) in [5.41, 5.74) is 5.91. The number of anilines is 2. The molecule has 0 aliphatic carbocycles. The number of rotatable bonds is 5. The van der Waals surface area contributed by atoms with Gasteiger partial charge in [-0.05, 0) is 37.6 Å². The van der Waals surface area contributed by atoms with Crippen molar-refractivity contribution in [2.24, 2.45) is 0 Å². The standard InChI is InChI=1S/C16H15N.C7H9.H2N.Y/c1-3-9-14-10-7-8-13-16(14)17(2)15-11-5-4-6-12-15;1-3-5-7-6-4-2;;/h4-8,10-13H,1-2H3;3H,1-2,5,7H2;1H2;/q;2*-1;. The fourth-order valence-corrected chi connectivity index (χ4v) is 2.06. The van der Waals surface area contributed by atoms with E-state index in [1.807, 2.05) is 49.4 Å². The maximum atomic E-state index is 3.54. The van der Waals surface area contributed by atoms with Crippen LogP contribution in [0.4, 0.5) is 11.4 Å². The van der Waals surface area contributed by atoms with E-state index in [0.29, 0.717) is 0 Å². The molecule has 0 amide bonds. The van der Waals surface area contributed by atoms with Gasteiger partial charge in [-0.1, -0.05) is 42.3 Å². The van der Waals surface area contributed by atoms with E-state index in [9.17, 15) is 0 Å². The first-order valence-electron chi connectivity index (χ1n) is 7.91. The van der Waals surface area contributed by atoms with Crippen LogP contribution in [0, 0.1) is 17.9 Å². The van der Waals surface area contributed by atoms with E-state index in [-0.39, 0.29) is 38.9 Å². The van der Waals surface area contributed by atoms with Crippen LogP contribution in [0.2, 0.25) is 0 Å². The second kappa shape index (κ2) is 16.6. The van der Waals surface area contributed by atoms with Gasteiger partial charge in [-0.15, -0.1) is 18.9 Å². The van der Waals surface area contributed by atoms with Gasteiger partial charge in [-0.2, -0.15) is 0 Å². The maximum absolute atomic E-state index is 3.54. The van der Waals surface area contributed by atoms with E-state index in [1.54, 1.807) is 0 Å². The summed E-state index contributed by atoms with van der Waals surface area (Å²) < 4.78 is 0. The quantitative estimate of drug-likeness (QED) is 0.176. The first kappa shape index (κ1) is 26.4. The van der Waals surface area contributed by atoms with E-state index >= 15 is 0 Å². The van der Waals surface area contributed by atoms with Gasteiger partial charge in [0.25, 0.3) is 0 Å². The van der Waals surface area contributed by atoms with Gasteiger partial charge in [-0.25, -0.2) is 12.7 Å². The van der Waals surface area contributed by atoms with Gasteiger partial charge in [0.2, 0.25) is 0 Å². The molecule has 0 heterocycles. The van der Waals surface area contributed by atoms with Gasteiger partial charge in [-0.3, -0.25) is 0 Å². The minimum absolute atomic E-state index is 0. The fourth-order valence-electron chi connectivity index (χ4n) is 2.06. The number of unbranched alkanes of at least 4 members (excludes halogenated alkanes) is 1. The molecule has 1 radical (unpaired) electrons. The average molecular weight is 419 g/mol. The Morgan fingerprint density at radius 1 is 1.08 bits per heavy atom. The molecule has 133 valence electrons. The summed E-state index contributed by atoms with van der Waals surface area (Å²) in [5.74, 6) is 6.09. The SMILES string of the molecule is C=C=[C-]CCC=C.CC#Cc1ccccc1N(C)c1ccccc1.[NH2-].[Y]. The molecule has 0 aliphatic heterocycles. The number of nitrogens with zero attached hydrogens (tertiary/aromatic N) is 1. The van der Waals surface area contributed by atoms with Crippen molar-refractivity contribution in [1.29, 1.82) is 0 Å². The summed E-state index contributed by atoms with van der Waals surface area (Å²) in [4.78, 5) is 2.15. The molecule has 0 saturated heterocycles. The van der Waals surface area contributed by atoms with E-state index in [4.69, 9.17) is 0 Å². The Bertz CT molecular complexity index is 736. The van der Waals surface area contributed by atoms with E-state index in [2.05, 4.69) is 67.0 Å². The van der Waals surface area contributed by atoms with Gasteiger partial charge in [0.15, 0.2) is 0 Å². The average Bonchev–Trinajstić information content (AvgIpc) is 2.64. The Labute approximate surface area is 184 Å².